The van der Waals surface area contributed by atoms with Crippen molar-refractivity contribution in [3.8, 4) is 27.3 Å². The summed E-state index contributed by atoms with van der Waals surface area (Å²) in [7, 11) is 5.81. The zero-order valence-electron chi connectivity index (χ0n) is 28.2. The third kappa shape index (κ3) is 5.87. The first-order valence-corrected chi connectivity index (χ1v) is 17.8. The summed E-state index contributed by atoms with van der Waals surface area (Å²) in [6.07, 6.45) is 0. The monoisotopic (exact) mass is 661 g/mol. The molecule has 0 atom stereocenters. The van der Waals surface area contributed by atoms with Crippen molar-refractivity contribution < 1.29 is 9.39 Å². The lowest BCUT2D eigenvalue weighted by molar-refractivity contribution is 0.415. The fourth-order valence-electron chi connectivity index (χ4n) is 6.86. The van der Waals surface area contributed by atoms with Gasteiger partial charge < -0.3 is 14.3 Å². The van der Waals surface area contributed by atoms with E-state index >= 15 is 0 Å². The summed E-state index contributed by atoms with van der Waals surface area (Å²) in [5, 5.41) is 0. The van der Waals surface area contributed by atoms with Crippen LogP contribution in [0.5, 0.6) is 5.75 Å². The maximum Gasteiger partial charge on any atom is 0.371 e. The largest absolute Gasteiger partial charge is 0.497 e. The van der Waals surface area contributed by atoms with Crippen molar-refractivity contribution in [2.24, 2.45) is 0 Å². The first-order valence-electron chi connectivity index (χ1n) is 16.2. The Morgan fingerprint density at radius 3 is 1.71 bits per heavy atom. The van der Waals surface area contributed by atoms with Crippen LogP contribution in [0.3, 0.4) is 0 Å². The van der Waals surface area contributed by atoms with Gasteiger partial charge in [0.25, 0.3) is 0 Å². The minimum atomic E-state index is -0.122. The molecule has 48 heavy (non-hydrogen) atoms. The van der Waals surface area contributed by atoms with Crippen LogP contribution >= 0.6 is 22.7 Å². The van der Waals surface area contributed by atoms with Crippen LogP contribution in [0.25, 0.3) is 31.0 Å². The average molecular weight is 662 g/mol. The summed E-state index contributed by atoms with van der Waals surface area (Å²) in [5.41, 5.74) is 13.4. The molecule has 0 saturated heterocycles. The van der Waals surface area contributed by atoms with E-state index in [0.29, 0.717) is 0 Å². The molecule has 236 valence electrons. The van der Waals surface area contributed by atoms with E-state index in [1.165, 1.54) is 63.4 Å². The van der Waals surface area contributed by atoms with Gasteiger partial charge in [0.15, 0.2) is 0 Å². The van der Waals surface area contributed by atoms with Gasteiger partial charge in [-0.05, 0) is 85.9 Å². The Labute approximate surface area is 293 Å². The molecular weight excluding hydrogens is 624 g/mol. The van der Waals surface area contributed by atoms with Gasteiger partial charge in [0.1, 0.15) is 13.6 Å². The normalized spacial score (nSPS) is 11.2. The molecule has 0 aliphatic carbocycles. The summed E-state index contributed by atoms with van der Waals surface area (Å²) in [4.78, 5) is 3.57. The number of aryl methyl sites for hydroxylation is 3. The molecule has 0 aliphatic rings. The Hall–Kier alpha value is -4.55. The fourth-order valence-corrected chi connectivity index (χ4v) is 9.84. The summed E-state index contributed by atoms with van der Waals surface area (Å²) < 4.78 is 15.7. The van der Waals surface area contributed by atoms with Crippen molar-refractivity contribution >= 4 is 79.6 Å². The highest BCUT2D eigenvalue weighted by Crippen LogP contribution is 2.47. The Balaban J connectivity index is 1.37. The third-order valence-electron chi connectivity index (χ3n) is 9.06. The Kier molecular flexibility index (Phi) is 9.02. The number of para-hydroxylation sites is 2. The number of methoxy groups -OCH3 is 1. The number of benzene rings is 5. The highest BCUT2D eigenvalue weighted by atomic mass is 32.1. The number of ether oxygens (including phenoxy) is 1. The van der Waals surface area contributed by atoms with Crippen LogP contribution in [0.1, 0.15) is 16.7 Å². The molecule has 2 heterocycles. The van der Waals surface area contributed by atoms with Crippen LogP contribution in [0, 0.1) is 20.8 Å². The topological polar surface area (TPSA) is 21.7 Å². The number of anilines is 3. The molecule has 0 unspecified atom stereocenters. The molecule has 7 aromatic rings. The molecule has 0 bridgehead atoms. The molecule has 3 nitrogen and oxygen atoms in total. The van der Waals surface area contributed by atoms with Gasteiger partial charge in [0.2, 0.25) is 0 Å². The minimum absolute atomic E-state index is 0.122. The molecule has 0 amide bonds. The van der Waals surface area contributed by atoms with Crippen LogP contribution < -0.4 is 25.3 Å². The van der Waals surface area contributed by atoms with Gasteiger partial charge in [-0.1, -0.05) is 94.9 Å². The van der Waals surface area contributed by atoms with E-state index in [4.69, 9.17) is 9.39 Å². The smallest absolute Gasteiger partial charge is 0.371 e. The lowest BCUT2D eigenvalue weighted by atomic mass is 9.54. The van der Waals surface area contributed by atoms with Gasteiger partial charge in [-0.15, -0.1) is 22.7 Å². The number of hydrogen-bond donors (Lipinski definition) is 0. The molecule has 0 radical (unpaired) electrons. The number of rotatable bonds is 9. The molecule has 5 aromatic carbocycles. The lowest BCUT2D eigenvalue weighted by Crippen LogP contribution is -2.50. The first kappa shape index (κ1) is 32.0. The second-order valence-corrected chi connectivity index (χ2v) is 14.3. The first-order chi connectivity index (χ1) is 23.4. The SMILES string of the molecule is Bc1c(B(OC)c2c(C)cc(C)cc2C)sc2c(-c3ccc(OC)cc3)c(-c3ccc(N(c4ccccc4)c4ccccc4)cc3)sc12. The fraction of sp³-hybridized carbons (Fsp3) is 0.122. The lowest BCUT2D eigenvalue weighted by Gasteiger charge is -2.25. The molecule has 2 aromatic heterocycles. The number of nitrogens with zero attached hydrogens (tertiary/aromatic N) is 1. The quantitative estimate of drug-likeness (QED) is 0.145. The number of hydrogen-bond acceptors (Lipinski definition) is 5. The second-order valence-electron chi connectivity index (χ2n) is 12.3. The standard InChI is InChI=1S/C41H37B2NO2S2/c1-26-24-27(2)37(28(3)25-26)43(46-5)41-36(42)40-39(48-41)35(29-18-22-34(45-4)23-19-29)38(47-40)30-16-20-33(21-17-30)44(31-12-8-6-9-13-31)32-14-10-7-11-15-32/h6-25H,42H2,1-5H3. The van der Waals surface area contributed by atoms with Gasteiger partial charge in [0.05, 0.1) is 11.8 Å². The van der Waals surface area contributed by atoms with Gasteiger partial charge in [-0.25, -0.2) is 0 Å². The van der Waals surface area contributed by atoms with Gasteiger partial charge in [-0.3, -0.25) is 0 Å². The van der Waals surface area contributed by atoms with Gasteiger partial charge >= 0.3 is 6.92 Å². The van der Waals surface area contributed by atoms with Crippen molar-refractivity contribution in [1.29, 1.82) is 0 Å². The van der Waals surface area contributed by atoms with Gasteiger partial charge in [0, 0.05) is 44.1 Å². The summed E-state index contributed by atoms with van der Waals surface area (Å²) in [6, 6.07) is 43.1. The highest BCUT2D eigenvalue weighted by Gasteiger charge is 2.31. The molecular formula is C41H37B2NO2S2. The molecule has 0 saturated carbocycles. The molecule has 0 N–H and O–H groups in total. The average Bonchev–Trinajstić information content (AvgIpc) is 3.64. The summed E-state index contributed by atoms with van der Waals surface area (Å²) >= 11 is 3.75. The van der Waals surface area contributed by atoms with Crippen molar-refractivity contribution in [2.45, 2.75) is 20.8 Å². The van der Waals surface area contributed by atoms with Crippen molar-refractivity contribution in [3.05, 3.63) is 138 Å². The Morgan fingerprint density at radius 2 is 1.17 bits per heavy atom. The number of thiophene rings is 2. The van der Waals surface area contributed by atoms with E-state index in [9.17, 15) is 0 Å². The maximum atomic E-state index is 6.30. The Bertz CT molecular complexity index is 2130. The van der Waals surface area contributed by atoms with Crippen molar-refractivity contribution in [2.75, 3.05) is 19.1 Å². The molecule has 7 rings (SSSR count). The summed E-state index contributed by atoms with van der Waals surface area (Å²) in [6.45, 7) is 6.44. The Morgan fingerprint density at radius 1 is 0.625 bits per heavy atom. The van der Waals surface area contributed by atoms with E-state index in [1.807, 2.05) is 29.8 Å². The van der Waals surface area contributed by atoms with Crippen LogP contribution in [-0.4, -0.2) is 29.0 Å². The predicted molar refractivity (Wildman–Crippen MR) is 213 cm³/mol. The highest BCUT2D eigenvalue weighted by molar-refractivity contribution is 7.38. The zero-order chi connectivity index (χ0) is 33.4. The van der Waals surface area contributed by atoms with E-state index in [2.05, 4.69) is 155 Å². The van der Waals surface area contributed by atoms with E-state index in [-0.39, 0.29) is 6.92 Å². The van der Waals surface area contributed by atoms with Gasteiger partial charge in [-0.2, -0.15) is 0 Å². The second kappa shape index (κ2) is 13.5. The van der Waals surface area contributed by atoms with Crippen LogP contribution in [-0.2, 0) is 4.65 Å². The van der Waals surface area contributed by atoms with Crippen LogP contribution in [0.2, 0.25) is 0 Å². The van der Waals surface area contributed by atoms with E-state index < -0.39 is 0 Å². The maximum absolute atomic E-state index is 6.30. The van der Waals surface area contributed by atoms with Crippen LogP contribution in [0.15, 0.2) is 121 Å². The van der Waals surface area contributed by atoms with Crippen LogP contribution in [0.4, 0.5) is 17.1 Å². The molecule has 7 heteroatoms. The minimum Gasteiger partial charge on any atom is -0.497 e. The van der Waals surface area contributed by atoms with Crippen molar-refractivity contribution in [1.82, 2.24) is 0 Å². The molecule has 0 aliphatic heterocycles. The summed E-state index contributed by atoms with van der Waals surface area (Å²) in [5.74, 6) is 0.853. The van der Waals surface area contributed by atoms with E-state index in [0.717, 1.165) is 22.8 Å². The zero-order valence-corrected chi connectivity index (χ0v) is 29.8. The molecule has 0 spiro atoms. The molecule has 0 fully saturated rings. The number of fused-ring (bicyclic) bond motifs is 1. The van der Waals surface area contributed by atoms with Crippen molar-refractivity contribution in [3.63, 3.8) is 0 Å². The van der Waals surface area contributed by atoms with E-state index in [1.54, 1.807) is 7.11 Å². The predicted octanol–water partition coefficient (Wildman–Crippen LogP) is 8.71. The third-order valence-corrected chi connectivity index (χ3v) is 11.9.